The van der Waals surface area contributed by atoms with Gasteiger partial charge in [-0.1, -0.05) is 19.1 Å². The van der Waals surface area contributed by atoms with E-state index in [1.54, 1.807) is 10.9 Å². The molecule has 1 fully saturated rings. The molecule has 0 unspecified atom stereocenters. The van der Waals surface area contributed by atoms with Crippen LogP contribution in [0.2, 0.25) is 0 Å². The van der Waals surface area contributed by atoms with Crippen molar-refractivity contribution in [2.45, 2.75) is 33.2 Å². The van der Waals surface area contributed by atoms with Crippen molar-refractivity contribution in [2.75, 3.05) is 24.6 Å². The molecule has 1 aromatic carbocycles. The zero-order chi connectivity index (χ0) is 21.1. The van der Waals surface area contributed by atoms with Crippen molar-refractivity contribution < 1.29 is 9.53 Å². The Hall–Kier alpha value is -3.16. The fraction of sp³-hybridized carbons (Fsp3) is 0.455. The fourth-order valence-corrected chi connectivity index (χ4v) is 3.74. The van der Waals surface area contributed by atoms with Crippen LogP contribution in [0.3, 0.4) is 0 Å². The average molecular weight is 409 g/mol. The maximum atomic E-state index is 12.9. The summed E-state index contributed by atoms with van der Waals surface area (Å²) in [7, 11) is 1.83. The molecule has 1 N–H and O–H groups in total. The molecule has 2 aromatic heterocycles. The summed E-state index contributed by atoms with van der Waals surface area (Å²) < 4.78 is 7.22. The molecule has 8 heteroatoms. The van der Waals surface area contributed by atoms with Crippen LogP contribution in [0.25, 0.3) is 11.0 Å². The minimum atomic E-state index is -0.299. The van der Waals surface area contributed by atoms with Crippen molar-refractivity contribution >= 4 is 22.8 Å². The topological polar surface area (TPSA) is 85.2 Å². The van der Waals surface area contributed by atoms with Gasteiger partial charge in [0.1, 0.15) is 11.6 Å². The number of hydrogen-bond donors (Lipinski definition) is 1. The van der Waals surface area contributed by atoms with Crippen molar-refractivity contribution in [1.82, 2.24) is 25.1 Å². The largest absolute Gasteiger partial charge is 0.494 e. The number of nitrogens with one attached hydrogen (secondary N) is 1. The molecule has 158 valence electrons. The van der Waals surface area contributed by atoms with Gasteiger partial charge >= 0.3 is 0 Å². The quantitative estimate of drug-likeness (QED) is 0.675. The van der Waals surface area contributed by atoms with E-state index < -0.39 is 0 Å². The predicted molar refractivity (Wildman–Crippen MR) is 116 cm³/mol. The summed E-state index contributed by atoms with van der Waals surface area (Å²) in [5.41, 5.74) is 1.63. The van der Waals surface area contributed by atoms with Gasteiger partial charge in [-0.05, 0) is 43.4 Å². The van der Waals surface area contributed by atoms with Crippen molar-refractivity contribution in [3.05, 3.63) is 41.9 Å². The number of carbonyl (C=O) groups is 1. The van der Waals surface area contributed by atoms with Crippen LogP contribution in [0, 0.1) is 5.92 Å². The number of anilines is 1. The van der Waals surface area contributed by atoms with Gasteiger partial charge < -0.3 is 15.0 Å². The van der Waals surface area contributed by atoms with Gasteiger partial charge in [0.2, 0.25) is 5.82 Å². The molecule has 8 nitrogen and oxygen atoms in total. The third-order valence-corrected chi connectivity index (χ3v) is 5.52. The van der Waals surface area contributed by atoms with Crippen molar-refractivity contribution in [3.8, 4) is 5.75 Å². The van der Waals surface area contributed by atoms with Crippen LogP contribution in [0.1, 0.15) is 42.9 Å². The first-order valence-electron chi connectivity index (χ1n) is 10.5. The number of benzene rings is 1. The molecule has 0 atom stereocenters. The van der Waals surface area contributed by atoms with Crippen molar-refractivity contribution in [3.63, 3.8) is 0 Å². The lowest BCUT2D eigenvalue weighted by atomic mass is 9.99. The smallest absolute Gasteiger partial charge is 0.289 e. The van der Waals surface area contributed by atoms with Gasteiger partial charge in [-0.2, -0.15) is 5.10 Å². The highest BCUT2D eigenvalue weighted by atomic mass is 16.5. The third-order valence-electron chi connectivity index (χ3n) is 5.52. The lowest BCUT2D eigenvalue weighted by Gasteiger charge is -2.31. The summed E-state index contributed by atoms with van der Waals surface area (Å²) in [6.45, 7) is 7.05. The lowest BCUT2D eigenvalue weighted by molar-refractivity contribution is 0.0940. The first-order valence-corrected chi connectivity index (χ1v) is 10.5. The summed E-state index contributed by atoms with van der Waals surface area (Å²) in [6, 6.07) is 7.70. The van der Waals surface area contributed by atoms with E-state index in [0.717, 1.165) is 48.4 Å². The maximum absolute atomic E-state index is 12.9. The third kappa shape index (κ3) is 4.22. The fourth-order valence-electron chi connectivity index (χ4n) is 3.74. The number of piperidine rings is 1. The van der Waals surface area contributed by atoms with Gasteiger partial charge in [-0.3, -0.25) is 9.48 Å². The van der Waals surface area contributed by atoms with Crippen molar-refractivity contribution in [1.29, 1.82) is 0 Å². The first-order chi connectivity index (χ1) is 14.5. The van der Waals surface area contributed by atoms with Crippen LogP contribution in [0.5, 0.6) is 5.75 Å². The Balaban J connectivity index is 1.56. The van der Waals surface area contributed by atoms with E-state index in [4.69, 9.17) is 4.74 Å². The Morgan fingerprint density at radius 3 is 2.83 bits per heavy atom. The molecule has 4 rings (SSSR count). The second kappa shape index (κ2) is 8.69. The number of hydrogen-bond acceptors (Lipinski definition) is 6. The molecule has 0 radical (unpaired) electrons. The Bertz CT molecular complexity index is 1040. The average Bonchev–Trinajstić information content (AvgIpc) is 3.13. The van der Waals surface area contributed by atoms with Crippen molar-refractivity contribution in [2.24, 2.45) is 13.0 Å². The van der Waals surface area contributed by atoms with E-state index in [0.29, 0.717) is 24.7 Å². The Labute approximate surface area is 176 Å². The molecule has 1 aliphatic rings. The molecule has 1 amide bonds. The summed E-state index contributed by atoms with van der Waals surface area (Å²) in [4.78, 5) is 24.3. The second-order valence-electron chi connectivity index (χ2n) is 7.81. The van der Waals surface area contributed by atoms with Crippen LogP contribution in [-0.4, -0.2) is 45.4 Å². The van der Waals surface area contributed by atoms with E-state index in [2.05, 4.69) is 32.2 Å². The monoisotopic (exact) mass is 408 g/mol. The maximum Gasteiger partial charge on any atom is 0.289 e. The molecule has 0 bridgehead atoms. The zero-order valence-electron chi connectivity index (χ0n) is 17.8. The standard InChI is InChI=1S/C22H28N6O2/c1-4-30-17-7-5-6-16(12-17)13-23-22(29)19-25-20-18(14-24-27(20)3)21(26-19)28-10-8-15(2)9-11-28/h5-7,12,14-15H,4,8-11,13H2,1-3H3,(H,23,29). The van der Waals surface area contributed by atoms with E-state index in [1.807, 2.05) is 38.2 Å². The summed E-state index contributed by atoms with van der Waals surface area (Å²) in [5.74, 6) is 2.16. The second-order valence-corrected chi connectivity index (χ2v) is 7.81. The number of rotatable bonds is 6. The predicted octanol–water partition coefficient (Wildman–Crippen LogP) is 2.93. The van der Waals surface area contributed by atoms with Crippen LogP contribution in [0.15, 0.2) is 30.5 Å². The molecule has 3 heterocycles. The highest BCUT2D eigenvalue weighted by Crippen LogP contribution is 2.27. The molecule has 0 saturated carbocycles. The SMILES string of the molecule is CCOc1cccc(CNC(=O)c2nc(N3CCC(C)CC3)c3cnn(C)c3n2)c1. The lowest BCUT2D eigenvalue weighted by Crippen LogP contribution is -2.34. The summed E-state index contributed by atoms with van der Waals surface area (Å²) in [5, 5.41) is 8.14. The molecule has 3 aromatic rings. The Kier molecular flexibility index (Phi) is 5.83. The van der Waals surface area contributed by atoms with E-state index >= 15 is 0 Å². The van der Waals surface area contributed by atoms with E-state index in [1.165, 1.54) is 0 Å². The van der Waals surface area contributed by atoms with Gasteiger partial charge in [-0.25, -0.2) is 9.97 Å². The van der Waals surface area contributed by atoms with Crippen LogP contribution in [0.4, 0.5) is 5.82 Å². The molecule has 1 aliphatic heterocycles. The van der Waals surface area contributed by atoms with E-state index in [-0.39, 0.29) is 11.7 Å². The molecule has 30 heavy (non-hydrogen) atoms. The number of aromatic nitrogens is 4. The van der Waals surface area contributed by atoms with Crippen LogP contribution < -0.4 is 15.0 Å². The highest BCUT2D eigenvalue weighted by Gasteiger charge is 2.23. The molecule has 0 aliphatic carbocycles. The van der Waals surface area contributed by atoms with Gasteiger partial charge in [0.25, 0.3) is 5.91 Å². The number of aryl methyl sites for hydroxylation is 1. The molecule has 0 spiro atoms. The van der Waals surface area contributed by atoms with E-state index in [9.17, 15) is 4.79 Å². The number of ether oxygens (including phenoxy) is 1. The van der Waals surface area contributed by atoms with Gasteiger partial charge in [-0.15, -0.1) is 0 Å². The number of carbonyl (C=O) groups excluding carboxylic acids is 1. The van der Waals surface area contributed by atoms with Gasteiger partial charge in [0, 0.05) is 26.7 Å². The van der Waals surface area contributed by atoms with Gasteiger partial charge in [0.15, 0.2) is 5.65 Å². The van der Waals surface area contributed by atoms with Crippen LogP contribution >= 0.6 is 0 Å². The van der Waals surface area contributed by atoms with Crippen LogP contribution in [-0.2, 0) is 13.6 Å². The summed E-state index contributed by atoms with van der Waals surface area (Å²) >= 11 is 0. The summed E-state index contributed by atoms with van der Waals surface area (Å²) in [6.07, 6.45) is 4.01. The minimum Gasteiger partial charge on any atom is -0.494 e. The Morgan fingerprint density at radius 2 is 2.07 bits per heavy atom. The minimum absolute atomic E-state index is 0.167. The van der Waals surface area contributed by atoms with Gasteiger partial charge in [0.05, 0.1) is 18.2 Å². The molecular formula is C22H28N6O2. The number of amides is 1. The number of fused-ring (bicyclic) bond motifs is 1. The number of nitrogens with zero attached hydrogens (tertiary/aromatic N) is 5. The normalized spacial score (nSPS) is 14.8. The zero-order valence-corrected chi connectivity index (χ0v) is 17.8. The molecular weight excluding hydrogens is 380 g/mol. The first kappa shape index (κ1) is 20.1. The Morgan fingerprint density at radius 1 is 1.27 bits per heavy atom. The highest BCUT2D eigenvalue weighted by molar-refractivity contribution is 5.95. The molecule has 1 saturated heterocycles.